The van der Waals surface area contributed by atoms with E-state index in [9.17, 15) is 0 Å². The lowest BCUT2D eigenvalue weighted by atomic mass is 10.2. The Bertz CT molecular complexity index is 927. The molecule has 0 fully saturated rings. The van der Waals surface area contributed by atoms with Gasteiger partial charge in [-0.15, -0.1) is 0 Å². The van der Waals surface area contributed by atoms with E-state index < -0.39 is 8.07 Å². The number of hydrogen-bond acceptors (Lipinski definition) is 0. The van der Waals surface area contributed by atoms with Gasteiger partial charge in [0.25, 0.3) is 0 Å². The first-order valence-corrected chi connectivity index (χ1v) is 11.9. The van der Waals surface area contributed by atoms with Gasteiger partial charge in [0.15, 0.2) is 0 Å². The summed E-state index contributed by atoms with van der Waals surface area (Å²) >= 11 is 0. The monoisotopic (exact) mass is 366 g/mol. The van der Waals surface area contributed by atoms with Crippen molar-refractivity contribution in [2.24, 2.45) is 0 Å². The zero-order valence-electron chi connectivity index (χ0n) is 16.2. The van der Waals surface area contributed by atoms with Crippen molar-refractivity contribution in [1.82, 2.24) is 0 Å². The second-order valence-corrected chi connectivity index (χ2v) is 11.4. The summed E-state index contributed by atoms with van der Waals surface area (Å²) in [6, 6.07) is 34.7. The van der Waals surface area contributed by atoms with Gasteiger partial charge < -0.3 is 0 Å². The molecule has 0 radical (unpaired) electrons. The quantitative estimate of drug-likeness (QED) is 0.542. The highest BCUT2D eigenvalue weighted by atomic mass is 28.3. The molecular formula is C26H26Si. The van der Waals surface area contributed by atoms with Crippen LogP contribution in [0.25, 0.3) is 0 Å². The molecule has 4 rings (SSSR count). The molecule has 0 saturated carbocycles. The standard InChI is InChI=1S/C26H26Si/c1-21-18-19-26(22(21)2)27(24-14-8-4-9-15-24,25-16-10-5-11-17-25)20-23-12-6-3-7-13-23/h3-18H,19-20H2,1-2H3. The number of rotatable bonds is 5. The first kappa shape index (κ1) is 17.8. The molecule has 0 N–H and O–H groups in total. The van der Waals surface area contributed by atoms with Crippen LogP contribution in [0.5, 0.6) is 0 Å². The Kier molecular flexibility index (Phi) is 4.96. The van der Waals surface area contributed by atoms with Crippen LogP contribution in [0.1, 0.15) is 25.8 Å². The highest BCUT2D eigenvalue weighted by Crippen LogP contribution is 2.34. The minimum atomic E-state index is -2.13. The van der Waals surface area contributed by atoms with Gasteiger partial charge >= 0.3 is 0 Å². The molecule has 3 aromatic rings. The lowest BCUT2D eigenvalue weighted by Gasteiger charge is -2.36. The molecular weight excluding hydrogens is 340 g/mol. The molecule has 0 unspecified atom stereocenters. The van der Waals surface area contributed by atoms with Crippen molar-refractivity contribution in [2.75, 3.05) is 0 Å². The maximum absolute atomic E-state index is 2.42. The number of allylic oxidation sites excluding steroid dienone is 4. The number of benzene rings is 3. The topological polar surface area (TPSA) is 0 Å². The lowest BCUT2D eigenvalue weighted by molar-refractivity contribution is 1.26. The summed E-state index contributed by atoms with van der Waals surface area (Å²) in [4.78, 5) is 0. The van der Waals surface area contributed by atoms with E-state index in [1.165, 1.54) is 27.1 Å². The van der Waals surface area contributed by atoms with Gasteiger partial charge in [-0.25, -0.2) is 0 Å². The normalized spacial score (nSPS) is 14.4. The van der Waals surface area contributed by atoms with Crippen LogP contribution in [-0.2, 0) is 6.04 Å². The van der Waals surface area contributed by atoms with Crippen molar-refractivity contribution in [3.05, 3.63) is 119 Å². The van der Waals surface area contributed by atoms with Gasteiger partial charge in [0.1, 0.15) is 8.07 Å². The first-order valence-electron chi connectivity index (χ1n) is 9.74. The molecule has 0 nitrogen and oxygen atoms in total. The van der Waals surface area contributed by atoms with Crippen LogP contribution in [0.4, 0.5) is 0 Å². The Morgan fingerprint density at radius 3 is 1.59 bits per heavy atom. The van der Waals surface area contributed by atoms with Crippen LogP contribution in [-0.4, -0.2) is 8.07 Å². The molecule has 1 aliphatic carbocycles. The first-order chi connectivity index (χ1) is 13.2. The summed E-state index contributed by atoms with van der Waals surface area (Å²) in [6.45, 7) is 4.59. The van der Waals surface area contributed by atoms with Crippen LogP contribution in [0, 0.1) is 0 Å². The smallest absolute Gasteiger partial charge is 0.0776 e. The highest BCUT2D eigenvalue weighted by molar-refractivity contribution is 7.07. The molecule has 0 amide bonds. The molecule has 0 aromatic heterocycles. The Labute approximate surface area is 163 Å². The van der Waals surface area contributed by atoms with E-state index in [0.717, 1.165) is 12.5 Å². The van der Waals surface area contributed by atoms with Gasteiger partial charge in [-0.05, 0) is 42.2 Å². The van der Waals surface area contributed by atoms with E-state index in [4.69, 9.17) is 0 Å². The zero-order valence-corrected chi connectivity index (χ0v) is 17.2. The molecule has 0 spiro atoms. The maximum Gasteiger partial charge on any atom is 0.149 e. The minimum absolute atomic E-state index is 1.08. The average Bonchev–Trinajstić information content (AvgIpc) is 3.07. The molecule has 3 aromatic carbocycles. The fourth-order valence-corrected chi connectivity index (χ4v) is 9.78. The van der Waals surface area contributed by atoms with Gasteiger partial charge in [0, 0.05) is 0 Å². The van der Waals surface area contributed by atoms with Gasteiger partial charge in [0.2, 0.25) is 0 Å². The van der Waals surface area contributed by atoms with Crippen LogP contribution in [0.2, 0.25) is 0 Å². The highest BCUT2D eigenvalue weighted by Gasteiger charge is 2.42. The molecule has 0 bridgehead atoms. The van der Waals surface area contributed by atoms with E-state index in [2.05, 4.69) is 111 Å². The lowest BCUT2D eigenvalue weighted by Crippen LogP contribution is -2.62. The molecule has 0 saturated heterocycles. The Balaban J connectivity index is 2.00. The summed E-state index contributed by atoms with van der Waals surface area (Å²) in [5.41, 5.74) is 4.38. The average molecular weight is 367 g/mol. The molecule has 0 atom stereocenters. The molecule has 1 aliphatic rings. The summed E-state index contributed by atoms with van der Waals surface area (Å²) < 4.78 is 0. The summed E-state index contributed by atoms with van der Waals surface area (Å²) in [6.07, 6.45) is 3.50. The van der Waals surface area contributed by atoms with E-state index in [1.807, 2.05) is 0 Å². The Morgan fingerprint density at radius 2 is 1.15 bits per heavy atom. The third kappa shape index (κ3) is 3.24. The van der Waals surface area contributed by atoms with Crippen molar-refractivity contribution in [1.29, 1.82) is 0 Å². The predicted octanol–water partition coefficient (Wildman–Crippen LogP) is 5.24. The third-order valence-electron chi connectivity index (χ3n) is 6.02. The van der Waals surface area contributed by atoms with E-state index in [1.54, 1.807) is 5.20 Å². The van der Waals surface area contributed by atoms with E-state index >= 15 is 0 Å². The summed E-state index contributed by atoms with van der Waals surface area (Å²) in [7, 11) is -2.13. The van der Waals surface area contributed by atoms with Gasteiger partial charge in [-0.2, -0.15) is 0 Å². The zero-order chi connectivity index (χ0) is 18.7. The van der Waals surface area contributed by atoms with Crippen LogP contribution in [0.15, 0.2) is 113 Å². The second-order valence-electron chi connectivity index (χ2n) is 7.49. The third-order valence-corrected chi connectivity index (χ3v) is 11.2. The Hall–Kier alpha value is -2.64. The van der Waals surface area contributed by atoms with Crippen LogP contribution < -0.4 is 10.4 Å². The van der Waals surface area contributed by atoms with E-state index in [-0.39, 0.29) is 0 Å². The van der Waals surface area contributed by atoms with Crippen molar-refractivity contribution in [2.45, 2.75) is 26.3 Å². The van der Waals surface area contributed by atoms with Crippen molar-refractivity contribution >= 4 is 18.4 Å². The maximum atomic E-state index is 2.42. The number of hydrogen-bond donors (Lipinski definition) is 0. The molecule has 27 heavy (non-hydrogen) atoms. The molecule has 0 heterocycles. The van der Waals surface area contributed by atoms with Gasteiger partial charge in [-0.3, -0.25) is 0 Å². The van der Waals surface area contributed by atoms with E-state index in [0.29, 0.717) is 0 Å². The minimum Gasteiger partial charge on any atom is -0.0776 e. The largest absolute Gasteiger partial charge is 0.149 e. The SMILES string of the molecule is CC1=CCC([Si](Cc2ccccc2)(c2ccccc2)c2ccccc2)=C1C. The fourth-order valence-electron chi connectivity index (χ4n) is 4.47. The van der Waals surface area contributed by atoms with Crippen molar-refractivity contribution < 1.29 is 0 Å². The van der Waals surface area contributed by atoms with Crippen molar-refractivity contribution in [3.63, 3.8) is 0 Å². The van der Waals surface area contributed by atoms with Gasteiger partial charge in [0.05, 0.1) is 0 Å². The fraction of sp³-hybridized carbons (Fsp3) is 0.154. The van der Waals surface area contributed by atoms with Crippen LogP contribution >= 0.6 is 0 Å². The summed E-state index contributed by atoms with van der Waals surface area (Å²) in [5.74, 6) is 0. The van der Waals surface area contributed by atoms with Gasteiger partial charge in [-0.1, -0.05) is 113 Å². The summed E-state index contributed by atoms with van der Waals surface area (Å²) in [5, 5.41) is 4.69. The Morgan fingerprint density at radius 1 is 0.667 bits per heavy atom. The van der Waals surface area contributed by atoms with Crippen molar-refractivity contribution in [3.8, 4) is 0 Å². The van der Waals surface area contributed by atoms with Crippen LogP contribution in [0.3, 0.4) is 0 Å². The molecule has 0 aliphatic heterocycles. The predicted molar refractivity (Wildman–Crippen MR) is 119 cm³/mol. The second kappa shape index (κ2) is 7.54. The molecule has 134 valence electrons. The molecule has 1 heteroatoms.